The molecule has 0 saturated heterocycles. The number of carbonyl (C=O) groups is 1. The highest BCUT2D eigenvalue weighted by Gasteiger charge is 2.29. The van der Waals surface area contributed by atoms with Gasteiger partial charge in [0.15, 0.2) is 0 Å². The van der Waals surface area contributed by atoms with Crippen LogP contribution in [0.1, 0.15) is 11.6 Å². The molecule has 2 aromatic carbocycles. The molecule has 0 fully saturated rings. The fourth-order valence-electron chi connectivity index (χ4n) is 2.53. The first-order valence-electron chi connectivity index (χ1n) is 7.16. The van der Waals surface area contributed by atoms with E-state index in [2.05, 4.69) is 10.0 Å². The van der Waals surface area contributed by atoms with Crippen LogP contribution in [0.25, 0.3) is 0 Å². The summed E-state index contributed by atoms with van der Waals surface area (Å²) in [6, 6.07) is 7.62. The lowest BCUT2D eigenvalue weighted by molar-refractivity contribution is -0.132. The van der Waals surface area contributed by atoms with Gasteiger partial charge in [-0.25, -0.2) is 13.2 Å². The summed E-state index contributed by atoms with van der Waals surface area (Å²) in [5.74, 6) is -1.25. The van der Waals surface area contributed by atoms with Crippen LogP contribution in [0.3, 0.4) is 0 Å². The second-order valence-electron chi connectivity index (χ2n) is 5.42. The third kappa shape index (κ3) is 3.82. The predicted molar refractivity (Wildman–Crippen MR) is 100 cm³/mol. The molecule has 0 radical (unpaired) electrons. The van der Waals surface area contributed by atoms with Crippen molar-refractivity contribution in [1.82, 2.24) is 4.72 Å². The van der Waals surface area contributed by atoms with Gasteiger partial charge in [-0.1, -0.05) is 40.9 Å². The lowest BCUT2D eigenvalue weighted by Crippen LogP contribution is -2.31. The first-order chi connectivity index (χ1) is 12.2. The Morgan fingerprint density at radius 3 is 2.50 bits per heavy atom. The summed E-state index contributed by atoms with van der Waals surface area (Å²) in [5.41, 5.74) is 0.475. The molecule has 0 amide bonds. The third-order valence-electron chi connectivity index (χ3n) is 3.63. The minimum absolute atomic E-state index is 0.0551. The van der Waals surface area contributed by atoms with Gasteiger partial charge in [0.25, 0.3) is 0 Å². The molecule has 1 aliphatic rings. The lowest BCUT2D eigenvalue weighted by Gasteiger charge is -2.26. The van der Waals surface area contributed by atoms with E-state index in [1.165, 1.54) is 36.4 Å². The number of hydrogen-bond acceptors (Lipinski definition) is 4. The summed E-state index contributed by atoms with van der Waals surface area (Å²) >= 11 is 18.0. The molecule has 26 heavy (non-hydrogen) atoms. The molecule has 6 nitrogen and oxygen atoms in total. The number of halogens is 3. The van der Waals surface area contributed by atoms with Crippen molar-refractivity contribution >= 4 is 56.5 Å². The number of carboxylic acid groups (broad SMARTS) is 1. The van der Waals surface area contributed by atoms with Crippen molar-refractivity contribution < 1.29 is 18.3 Å². The number of benzene rings is 2. The van der Waals surface area contributed by atoms with Gasteiger partial charge in [0.2, 0.25) is 10.0 Å². The molecule has 0 bridgehead atoms. The average Bonchev–Trinajstić information content (AvgIpc) is 2.53. The van der Waals surface area contributed by atoms with Crippen LogP contribution < -0.4 is 10.0 Å². The van der Waals surface area contributed by atoms with Gasteiger partial charge in [0.05, 0.1) is 10.9 Å². The largest absolute Gasteiger partial charge is 0.477 e. The Bertz CT molecular complexity index is 1040. The summed E-state index contributed by atoms with van der Waals surface area (Å²) in [6.45, 7) is 0. The van der Waals surface area contributed by atoms with Crippen LogP contribution in [0.2, 0.25) is 15.1 Å². The molecule has 136 valence electrons. The predicted octanol–water partition coefficient (Wildman–Crippen LogP) is 4.06. The number of fused-ring (bicyclic) bond motifs is 1. The van der Waals surface area contributed by atoms with E-state index in [4.69, 9.17) is 34.8 Å². The van der Waals surface area contributed by atoms with Crippen LogP contribution in [0.4, 0.5) is 5.69 Å². The van der Waals surface area contributed by atoms with Gasteiger partial charge < -0.3 is 10.4 Å². The van der Waals surface area contributed by atoms with Crippen molar-refractivity contribution in [1.29, 1.82) is 0 Å². The summed E-state index contributed by atoms with van der Waals surface area (Å²) in [7, 11) is -3.99. The van der Waals surface area contributed by atoms with Gasteiger partial charge in [-0.3, -0.25) is 0 Å². The summed E-state index contributed by atoms with van der Waals surface area (Å²) in [6.07, 6.45) is 1.23. The maximum Gasteiger partial charge on any atom is 0.352 e. The van der Waals surface area contributed by atoms with E-state index in [1.807, 2.05) is 0 Å². The van der Waals surface area contributed by atoms with E-state index in [1.54, 1.807) is 6.07 Å². The highest BCUT2D eigenvalue weighted by Crippen LogP contribution is 2.39. The van der Waals surface area contributed by atoms with Crippen LogP contribution >= 0.6 is 34.8 Å². The molecule has 10 heteroatoms. The molecular formula is C16H11Cl3N2O4S. The second kappa shape index (κ2) is 7.09. The molecule has 2 aromatic rings. The first-order valence-corrected chi connectivity index (χ1v) is 9.78. The van der Waals surface area contributed by atoms with E-state index in [-0.39, 0.29) is 25.7 Å². The van der Waals surface area contributed by atoms with E-state index >= 15 is 0 Å². The number of carboxylic acids is 1. The van der Waals surface area contributed by atoms with Gasteiger partial charge in [0, 0.05) is 26.3 Å². The zero-order valence-corrected chi connectivity index (χ0v) is 15.9. The van der Waals surface area contributed by atoms with Crippen molar-refractivity contribution in [2.45, 2.75) is 10.9 Å². The first kappa shape index (κ1) is 19.0. The smallest absolute Gasteiger partial charge is 0.352 e. The average molecular weight is 434 g/mol. The number of nitrogens with one attached hydrogen (secondary N) is 2. The Balaban J connectivity index is 2.08. The number of sulfonamides is 1. The Morgan fingerprint density at radius 1 is 1.12 bits per heavy atom. The normalized spacial score (nSPS) is 16.4. The molecule has 0 aliphatic carbocycles. The quantitative estimate of drug-likeness (QED) is 0.676. The number of anilines is 1. The summed E-state index contributed by atoms with van der Waals surface area (Å²) < 4.78 is 27.8. The van der Waals surface area contributed by atoms with Crippen LogP contribution in [0.5, 0.6) is 0 Å². The summed E-state index contributed by atoms with van der Waals surface area (Å²) in [5, 5.41) is 12.7. The number of hydrogen-bond donors (Lipinski definition) is 3. The minimum Gasteiger partial charge on any atom is -0.477 e. The molecule has 0 aromatic heterocycles. The number of rotatable bonds is 4. The monoisotopic (exact) mass is 432 g/mol. The van der Waals surface area contributed by atoms with Gasteiger partial charge in [-0.05, 0) is 36.4 Å². The Labute approximate surface area is 164 Å². The molecular weight excluding hydrogens is 423 g/mol. The SMILES string of the molecule is O=C(O)C1=CC(NS(=O)(=O)c2cccc(Cl)c2)c2c(Cl)cc(Cl)cc2N1. The standard InChI is InChI=1S/C16H11Cl3N2O4S/c17-8-2-1-3-10(4-8)26(24,25)21-13-7-14(16(22)23)20-12-6-9(18)5-11(19)15(12)13/h1-7,13,20-21H,(H,22,23). The van der Waals surface area contributed by atoms with Crippen molar-refractivity contribution in [2.75, 3.05) is 5.32 Å². The molecule has 1 heterocycles. The lowest BCUT2D eigenvalue weighted by atomic mass is 10.0. The second-order valence-corrected chi connectivity index (χ2v) is 8.41. The van der Waals surface area contributed by atoms with Crippen LogP contribution in [0, 0.1) is 0 Å². The zero-order chi connectivity index (χ0) is 19.1. The molecule has 1 atom stereocenters. The maximum absolute atomic E-state index is 12.7. The van der Waals surface area contributed by atoms with Gasteiger partial charge in [0.1, 0.15) is 5.70 Å². The Morgan fingerprint density at radius 2 is 1.85 bits per heavy atom. The van der Waals surface area contributed by atoms with E-state index in [0.717, 1.165) is 0 Å². The molecule has 1 aliphatic heterocycles. The van der Waals surface area contributed by atoms with Crippen LogP contribution in [0.15, 0.2) is 53.1 Å². The van der Waals surface area contributed by atoms with Crippen LogP contribution in [-0.2, 0) is 14.8 Å². The van der Waals surface area contributed by atoms with Gasteiger partial charge >= 0.3 is 5.97 Å². The van der Waals surface area contributed by atoms with Crippen molar-refractivity contribution in [3.05, 3.63) is 68.8 Å². The molecule has 0 spiro atoms. The topological polar surface area (TPSA) is 95.5 Å². The Hall–Kier alpha value is -1.77. The highest BCUT2D eigenvalue weighted by molar-refractivity contribution is 7.89. The molecule has 3 N–H and O–H groups in total. The molecule has 3 rings (SSSR count). The molecule has 1 unspecified atom stereocenters. The van der Waals surface area contributed by atoms with Crippen LogP contribution in [-0.4, -0.2) is 19.5 Å². The highest BCUT2D eigenvalue weighted by atomic mass is 35.5. The van der Waals surface area contributed by atoms with E-state index in [9.17, 15) is 18.3 Å². The van der Waals surface area contributed by atoms with Crippen molar-refractivity contribution in [3.8, 4) is 0 Å². The van der Waals surface area contributed by atoms with Crippen molar-refractivity contribution in [2.24, 2.45) is 0 Å². The summed E-state index contributed by atoms with van der Waals surface area (Å²) in [4.78, 5) is 11.3. The van der Waals surface area contributed by atoms with E-state index in [0.29, 0.717) is 11.3 Å². The maximum atomic E-state index is 12.7. The fraction of sp³-hybridized carbons (Fsp3) is 0.0625. The Kier molecular flexibility index (Phi) is 5.18. The number of aliphatic carboxylic acids is 1. The fourth-order valence-corrected chi connectivity index (χ4v) is 4.59. The van der Waals surface area contributed by atoms with Crippen molar-refractivity contribution in [3.63, 3.8) is 0 Å². The van der Waals surface area contributed by atoms with E-state index < -0.39 is 22.0 Å². The zero-order valence-electron chi connectivity index (χ0n) is 12.8. The third-order valence-corrected chi connectivity index (χ3v) is 5.83. The van der Waals surface area contributed by atoms with Gasteiger partial charge in [-0.15, -0.1) is 0 Å². The minimum atomic E-state index is -3.99. The molecule has 0 saturated carbocycles. The van der Waals surface area contributed by atoms with Gasteiger partial charge in [-0.2, -0.15) is 4.72 Å².